The van der Waals surface area contributed by atoms with E-state index < -0.39 is 38.4 Å². The third-order valence-electron chi connectivity index (χ3n) is 6.17. The number of carbonyl (C=O) groups is 2. The van der Waals surface area contributed by atoms with Gasteiger partial charge in [0.2, 0.25) is 5.91 Å². The molecule has 0 radical (unpaired) electrons. The zero-order valence-corrected chi connectivity index (χ0v) is 19.8. The number of nitrogens with zero attached hydrogens (tertiary/aromatic N) is 2. The van der Waals surface area contributed by atoms with Gasteiger partial charge in [-0.1, -0.05) is 23.2 Å². The number of hydrogen-bond acceptors (Lipinski definition) is 7. The molecular weight excluding hydrogens is 493 g/mol. The van der Waals surface area contributed by atoms with Crippen LogP contribution in [0, 0.1) is 0 Å². The van der Waals surface area contributed by atoms with Gasteiger partial charge in [-0.05, 0) is 30.7 Å². The first kappa shape index (κ1) is 23.7. The fourth-order valence-electron chi connectivity index (χ4n) is 4.25. The van der Waals surface area contributed by atoms with Crippen molar-refractivity contribution >= 4 is 44.9 Å². The maximum Gasteiger partial charge on any atom is 0.326 e. The Hall–Kier alpha value is -2.40. The number of carbonyl (C=O) groups excluding carboxylic acids is 1. The summed E-state index contributed by atoms with van der Waals surface area (Å²) in [4.78, 5) is 30.9. The highest BCUT2D eigenvalue weighted by molar-refractivity contribution is 7.92. The van der Waals surface area contributed by atoms with Crippen LogP contribution >= 0.6 is 23.2 Å². The average Bonchev–Trinajstić information content (AvgIpc) is 3.20. The molecule has 4 rings (SSSR count). The Bertz CT molecular complexity index is 1200. The van der Waals surface area contributed by atoms with E-state index in [0.29, 0.717) is 16.5 Å². The number of likely N-dealkylation sites (tertiary alicyclic amines) is 1. The summed E-state index contributed by atoms with van der Waals surface area (Å²) in [6, 6.07) is 6.10. The molecule has 1 amide bonds. The van der Waals surface area contributed by atoms with Crippen LogP contribution < -0.4 is 10.1 Å². The van der Waals surface area contributed by atoms with E-state index in [0.717, 1.165) is 4.90 Å². The predicted molar refractivity (Wildman–Crippen MR) is 121 cm³/mol. The molecule has 2 aliphatic heterocycles. The summed E-state index contributed by atoms with van der Waals surface area (Å²) in [5.41, 5.74) is -0.640. The van der Waals surface area contributed by atoms with Gasteiger partial charge in [-0.25, -0.2) is 13.2 Å². The van der Waals surface area contributed by atoms with Gasteiger partial charge in [-0.2, -0.15) is 0 Å². The molecule has 2 aromatic rings. The van der Waals surface area contributed by atoms with E-state index in [2.05, 4.69) is 10.3 Å². The second-order valence-electron chi connectivity index (χ2n) is 8.06. The Balaban J connectivity index is 1.66. The fraction of sp³-hybridized carbons (Fsp3) is 0.381. The van der Waals surface area contributed by atoms with Crippen molar-refractivity contribution in [1.82, 2.24) is 15.2 Å². The Morgan fingerprint density at radius 2 is 1.97 bits per heavy atom. The lowest BCUT2D eigenvalue weighted by molar-refractivity contribution is -0.151. The molecule has 1 aromatic carbocycles. The van der Waals surface area contributed by atoms with E-state index in [1.54, 1.807) is 12.1 Å². The van der Waals surface area contributed by atoms with Gasteiger partial charge in [0.15, 0.2) is 9.84 Å². The van der Waals surface area contributed by atoms with Crippen molar-refractivity contribution in [3.63, 3.8) is 0 Å². The number of hydrogen-bond donors (Lipinski definition) is 2. The van der Waals surface area contributed by atoms with Gasteiger partial charge in [-0.3, -0.25) is 9.78 Å². The Kier molecular flexibility index (Phi) is 6.30. The van der Waals surface area contributed by atoms with Crippen molar-refractivity contribution in [2.75, 3.05) is 26.7 Å². The summed E-state index contributed by atoms with van der Waals surface area (Å²) >= 11 is 12.1. The van der Waals surface area contributed by atoms with Crippen molar-refractivity contribution in [3.05, 3.63) is 52.3 Å². The number of carboxylic acids is 1. The minimum absolute atomic E-state index is 0.0315. The largest absolute Gasteiger partial charge is 0.497 e. The number of nitrogens with one attached hydrogen (secondary N) is 1. The second-order valence-corrected chi connectivity index (χ2v) is 11.1. The van der Waals surface area contributed by atoms with Crippen molar-refractivity contribution in [2.24, 2.45) is 0 Å². The maximum absolute atomic E-state index is 13.6. The van der Waals surface area contributed by atoms with E-state index in [9.17, 15) is 23.1 Å². The third kappa shape index (κ3) is 4.05. The first-order valence-electron chi connectivity index (χ1n) is 10.0. The highest BCUT2D eigenvalue weighted by atomic mass is 35.5. The summed E-state index contributed by atoms with van der Waals surface area (Å²) in [7, 11) is -2.60. The molecule has 9 nitrogen and oxygen atoms in total. The number of aromatic nitrogens is 1. The minimum Gasteiger partial charge on any atom is -0.497 e. The van der Waals surface area contributed by atoms with Crippen LogP contribution in [0.3, 0.4) is 0 Å². The number of pyridine rings is 1. The minimum atomic E-state index is -4.03. The summed E-state index contributed by atoms with van der Waals surface area (Å²) in [5, 5.41) is 12.1. The molecule has 2 unspecified atom stereocenters. The summed E-state index contributed by atoms with van der Waals surface area (Å²) in [5.74, 6) is -1.36. The van der Waals surface area contributed by atoms with Crippen LogP contribution in [0.2, 0.25) is 10.0 Å². The van der Waals surface area contributed by atoms with Crippen LogP contribution in [-0.2, 0) is 24.8 Å². The van der Waals surface area contributed by atoms with Crippen molar-refractivity contribution < 1.29 is 27.9 Å². The fourth-order valence-corrected chi connectivity index (χ4v) is 6.60. The number of methoxy groups -OCH3 is 1. The summed E-state index contributed by atoms with van der Waals surface area (Å²) in [6.45, 7) is 0.242. The lowest BCUT2D eigenvalue weighted by Crippen LogP contribution is -2.66. The van der Waals surface area contributed by atoms with Gasteiger partial charge in [0.05, 0.1) is 33.0 Å². The van der Waals surface area contributed by atoms with E-state index in [1.165, 1.54) is 31.5 Å². The predicted octanol–water partition coefficient (Wildman–Crippen LogP) is 1.77. The number of rotatable bonds is 6. The molecule has 176 valence electrons. The van der Waals surface area contributed by atoms with Crippen molar-refractivity contribution in [2.45, 2.75) is 28.0 Å². The van der Waals surface area contributed by atoms with Gasteiger partial charge in [-0.15, -0.1) is 0 Å². The summed E-state index contributed by atoms with van der Waals surface area (Å²) in [6.07, 6.45) is 1.17. The van der Waals surface area contributed by atoms with Crippen LogP contribution in [0.15, 0.2) is 41.4 Å². The highest BCUT2D eigenvalue weighted by Crippen LogP contribution is 2.37. The lowest BCUT2D eigenvalue weighted by Gasteiger charge is -2.43. The number of amides is 1. The topological polar surface area (TPSA) is 126 Å². The van der Waals surface area contributed by atoms with Gasteiger partial charge in [0.1, 0.15) is 17.2 Å². The quantitative estimate of drug-likeness (QED) is 0.598. The molecule has 3 heterocycles. The molecule has 1 aromatic heterocycles. The maximum atomic E-state index is 13.6. The molecule has 0 spiro atoms. The van der Waals surface area contributed by atoms with Crippen LogP contribution in [0.5, 0.6) is 5.75 Å². The molecule has 0 bridgehead atoms. The van der Waals surface area contributed by atoms with Crippen molar-refractivity contribution in [3.8, 4) is 5.75 Å². The number of halogens is 2. The van der Waals surface area contributed by atoms with E-state index in [1.807, 2.05) is 0 Å². The number of carboxylic acid groups (broad SMARTS) is 1. The monoisotopic (exact) mass is 513 g/mol. The molecule has 2 atom stereocenters. The van der Waals surface area contributed by atoms with Gasteiger partial charge in [0.25, 0.3) is 0 Å². The van der Waals surface area contributed by atoms with Crippen LogP contribution in [-0.4, -0.2) is 73.3 Å². The van der Waals surface area contributed by atoms with Crippen LogP contribution in [0.1, 0.15) is 12.1 Å². The molecule has 0 saturated carbocycles. The van der Waals surface area contributed by atoms with E-state index in [4.69, 9.17) is 27.9 Å². The molecule has 2 aliphatic rings. The zero-order valence-electron chi connectivity index (χ0n) is 17.5. The first-order valence-corrected chi connectivity index (χ1v) is 12.3. The smallest absolute Gasteiger partial charge is 0.326 e. The standard InChI is InChI=1S/C21H21Cl2N3O6S/c1-32-13-3-4-17(15(23)6-13)33(30,31)14-7-16(19(27)28)26(9-14)20(29)21(10-24-11-21)18-5-2-12(22)8-25-18/h2-6,8,14,16,24H,7,9-11H2,1H3,(H,27,28). The van der Waals surface area contributed by atoms with Crippen LogP contribution in [0.25, 0.3) is 0 Å². The Morgan fingerprint density at radius 3 is 2.48 bits per heavy atom. The molecule has 2 N–H and O–H groups in total. The first-order chi connectivity index (χ1) is 15.6. The van der Waals surface area contributed by atoms with Gasteiger partial charge >= 0.3 is 5.97 Å². The Labute approximate surface area is 200 Å². The van der Waals surface area contributed by atoms with Crippen molar-refractivity contribution in [1.29, 1.82) is 0 Å². The molecule has 12 heteroatoms. The molecular formula is C21H21Cl2N3O6S. The van der Waals surface area contributed by atoms with E-state index in [-0.39, 0.29) is 36.0 Å². The van der Waals surface area contributed by atoms with Gasteiger partial charge in [0, 0.05) is 31.9 Å². The number of sulfone groups is 1. The summed E-state index contributed by atoms with van der Waals surface area (Å²) < 4.78 is 31.7. The number of aliphatic carboxylic acids is 1. The number of ether oxygens (including phenoxy) is 1. The highest BCUT2D eigenvalue weighted by Gasteiger charge is 2.55. The zero-order chi connectivity index (χ0) is 24.0. The molecule has 0 aliphatic carbocycles. The molecule has 2 fully saturated rings. The molecule has 2 saturated heterocycles. The number of benzene rings is 1. The van der Waals surface area contributed by atoms with Gasteiger partial charge < -0.3 is 20.1 Å². The Morgan fingerprint density at radius 1 is 1.24 bits per heavy atom. The second kappa shape index (κ2) is 8.75. The lowest BCUT2D eigenvalue weighted by atomic mass is 9.76. The average molecular weight is 514 g/mol. The SMILES string of the molecule is COc1ccc(S(=O)(=O)C2CC(C(=O)O)N(C(=O)C3(c4ccc(Cl)cn4)CNC3)C2)c(Cl)c1. The third-order valence-corrected chi connectivity index (χ3v) is 9.01. The van der Waals surface area contributed by atoms with Crippen LogP contribution in [0.4, 0.5) is 0 Å². The molecule has 33 heavy (non-hydrogen) atoms. The van der Waals surface area contributed by atoms with E-state index >= 15 is 0 Å². The normalized spacial score (nSPS) is 22.0.